The van der Waals surface area contributed by atoms with Crippen molar-refractivity contribution in [3.8, 4) is 0 Å². The van der Waals surface area contributed by atoms with Gasteiger partial charge in [0.15, 0.2) is 0 Å². The molecule has 82 valence electrons. The smallest absolute Gasteiger partial charge is 0.0567 e. The van der Waals surface area contributed by atoms with E-state index in [1.807, 2.05) is 0 Å². The topological polar surface area (TPSA) is 0 Å². The van der Waals surface area contributed by atoms with Gasteiger partial charge in [-0.05, 0) is 28.6 Å². The number of hydrogen-bond donors (Lipinski definition) is 0. The molecule has 0 spiro atoms. The Morgan fingerprint density at radius 2 is 1.12 bits per heavy atom. The standard InChI is InChI=1S/C12H6Br4/c13-7-3-1-5-9-6(12(16)11(5)15)2-4-8(14)10(7)9/h1-4,11-12H/t11-,12+. The summed E-state index contributed by atoms with van der Waals surface area (Å²) in [6.07, 6.45) is 0. The Morgan fingerprint density at radius 1 is 0.688 bits per heavy atom. The summed E-state index contributed by atoms with van der Waals surface area (Å²) in [5.41, 5.74) is 2.72. The second-order valence-corrected chi connectivity index (χ2v) is 7.51. The summed E-state index contributed by atoms with van der Waals surface area (Å²) >= 11 is 14.7. The zero-order chi connectivity index (χ0) is 11.4. The Kier molecular flexibility index (Phi) is 2.98. The minimum Gasteiger partial charge on any atom is -0.0823 e. The maximum Gasteiger partial charge on any atom is 0.0567 e. The average molecular weight is 470 g/mol. The van der Waals surface area contributed by atoms with Crippen molar-refractivity contribution in [1.82, 2.24) is 0 Å². The minimum atomic E-state index is 0.354. The summed E-state index contributed by atoms with van der Waals surface area (Å²) in [5.74, 6) is 0. The van der Waals surface area contributed by atoms with E-state index in [4.69, 9.17) is 0 Å². The Balaban J connectivity index is 2.54. The highest BCUT2D eigenvalue weighted by Gasteiger charge is 2.31. The van der Waals surface area contributed by atoms with E-state index in [9.17, 15) is 0 Å². The summed E-state index contributed by atoms with van der Waals surface area (Å²) in [6, 6.07) is 8.60. The third-order valence-electron chi connectivity index (χ3n) is 2.97. The van der Waals surface area contributed by atoms with Crippen molar-refractivity contribution in [2.75, 3.05) is 0 Å². The molecule has 3 rings (SSSR count). The fourth-order valence-electron chi connectivity index (χ4n) is 2.24. The van der Waals surface area contributed by atoms with E-state index in [1.165, 1.54) is 21.9 Å². The quantitative estimate of drug-likeness (QED) is 0.400. The average Bonchev–Trinajstić information content (AvgIpc) is 2.50. The van der Waals surface area contributed by atoms with Crippen molar-refractivity contribution in [2.45, 2.75) is 9.65 Å². The summed E-state index contributed by atoms with van der Waals surface area (Å²) in [6.45, 7) is 0. The number of rotatable bonds is 0. The second-order valence-electron chi connectivity index (χ2n) is 3.83. The first-order valence-corrected chi connectivity index (χ1v) is 8.21. The molecule has 16 heavy (non-hydrogen) atoms. The van der Waals surface area contributed by atoms with Gasteiger partial charge in [0.1, 0.15) is 0 Å². The molecule has 0 heterocycles. The van der Waals surface area contributed by atoms with Gasteiger partial charge in [-0.15, -0.1) is 0 Å². The molecule has 0 aromatic heterocycles. The summed E-state index contributed by atoms with van der Waals surface area (Å²) in [7, 11) is 0. The van der Waals surface area contributed by atoms with Gasteiger partial charge in [0, 0.05) is 14.3 Å². The van der Waals surface area contributed by atoms with Crippen molar-refractivity contribution >= 4 is 74.5 Å². The summed E-state index contributed by atoms with van der Waals surface area (Å²) in [5, 5.41) is 2.62. The van der Waals surface area contributed by atoms with Gasteiger partial charge >= 0.3 is 0 Å². The highest BCUT2D eigenvalue weighted by molar-refractivity contribution is 9.12. The van der Waals surface area contributed by atoms with Crippen LogP contribution in [0.2, 0.25) is 0 Å². The fraction of sp³-hybridized carbons (Fsp3) is 0.167. The SMILES string of the molecule is Brc1ccc2c3c(ccc(Br)c13)[C@H](Br)[C@@H]2Br. The number of halogens is 4. The van der Waals surface area contributed by atoms with E-state index >= 15 is 0 Å². The van der Waals surface area contributed by atoms with E-state index < -0.39 is 0 Å². The lowest BCUT2D eigenvalue weighted by Crippen LogP contribution is -1.87. The van der Waals surface area contributed by atoms with Crippen molar-refractivity contribution in [3.05, 3.63) is 44.3 Å². The van der Waals surface area contributed by atoms with Crippen LogP contribution < -0.4 is 0 Å². The van der Waals surface area contributed by atoms with E-state index in [2.05, 4.69) is 88.0 Å². The van der Waals surface area contributed by atoms with E-state index in [0.29, 0.717) is 9.65 Å². The predicted molar refractivity (Wildman–Crippen MR) is 82.7 cm³/mol. The fourth-order valence-corrected chi connectivity index (χ4v) is 4.93. The monoisotopic (exact) mass is 466 g/mol. The van der Waals surface area contributed by atoms with Gasteiger partial charge in [-0.2, -0.15) is 0 Å². The Morgan fingerprint density at radius 3 is 1.56 bits per heavy atom. The zero-order valence-electron chi connectivity index (χ0n) is 7.98. The molecule has 0 aliphatic heterocycles. The van der Waals surface area contributed by atoms with Gasteiger partial charge < -0.3 is 0 Å². The number of alkyl halides is 2. The number of hydrogen-bond acceptors (Lipinski definition) is 0. The van der Waals surface area contributed by atoms with Gasteiger partial charge in [0.05, 0.1) is 9.65 Å². The molecule has 4 heteroatoms. The van der Waals surface area contributed by atoms with Crippen LogP contribution in [0.15, 0.2) is 33.2 Å². The van der Waals surface area contributed by atoms with Crippen molar-refractivity contribution in [3.63, 3.8) is 0 Å². The van der Waals surface area contributed by atoms with Crippen LogP contribution in [0.4, 0.5) is 0 Å². The molecule has 0 fully saturated rings. The molecule has 1 aliphatic carbocycles. The first kappa shape index (κ1) is 11.7. The van der Waals surface area contributed by atoms with Crippen LogP contribution in [0.25, 0.3) is 10.8 Å². The Labute approximate surface area is 127 Å². The van der Waals surface area contributed by atoms with Crippen LogP contribution in [0.1, 0.15) is 20.8 Å². The zero-order valence-corrected chi connectivity index (χ0v) is 14.3. The molecule has 2 aromatic rings. The first-order chi connectivity index (χ1) is 7.61. The maximum absolute atomic E-state index is 3.75. The lowest BCUT2D eigenvalue weighted by Gasteiger charge is -2.06. The molecular weight excluding hydrogens is 464 g/mol. The Hall–Kier alpha value is 0.620. The molecule has 2 aromatic carbocycles. The summed E-state index contributed by atoms with van der Waals surface area (Å²) < 4.78 is 2.28. The molecule has 0 amide bonds. The predicted octanol–water partition coefficient (Wildman–Crippen LogP) is 6.25. The molecule has 1 aliphatic rings. The molecule has 2 atom stereocenters. The largest absolute Gasteiger partial charge is 0.0823 e. The van der Waals surface area contributed by atoms with Crippen LogP contribution in [0, 0.1) is 0 Å². The second kappa shape index (κ2) is 4.08. The molecule has 0 nitrogen and oxygen atoms in total. The molecule has 0 saturated heterocycles. The lowest BCUT2D eigenvalue weighted by molar-refractivity contribution is 0.998. The normalized spacial score (nSPS) is 23.0. The van der Waals surface area contributed by atoms with Crippen LogP contribution in [-0.2, 0) is 0 Å². The van der Waals surface area contributed by atoms with Crippen molar-refractivity contribution in [2.24, 2.45) is 0 Å². The summed E-state index contributed by atoms with van der Waals surface area (Å²) in [4.78, 5) is 0.708. The molecule has 0 N–H and O–H groups in total. The maximum atomic E-state index is 3.75. The van der Waals surface area contributed by atoms with E-state index in [0.717, 1.165) is 8.95 Å². The van der Waals surface area contributed by atoms with Crippen LogP contribution in [-0.4, -0.2) is 0 Å². The van der Waals surface area contributed by atoms with Crippen LogP contribution in [0.5, 0.6) is 0 Å². The van der Waals surface area contributed by atoms with Crippen molar-refractivity contribution in [1.29, 1.82) is 0 Å². The third-order valence-corrected chi connectivity index (χ3v) is 7.05. The molecular formula is C12H6Br4. The third kappa shape index (κ3) is 1.49. The van der Waals surface area contributed by atoms with Gasteiger partial charge in [-0.3, -0.25) is 0 Å². The van der Waals surface area contributed by atoms with Gasteiger partial charge in [-0.25, -0.2) is 0 Å². The Bertz CT molecular complexity index is 542. The minimum absolute atomic E-state index is 0.354. The van der Waals surface area contributed by atoms with Gasteiger partial charge in [-0.1, -0.05) is 75.9 Å². The van der Waals surface area contributed by atoms with Gasteiger partial charge in [0.25, 0.3) is 0 Å². The highest BCUT2D eigenvalue weighted by Crippen LogP contribution is 2.54. The first-order valence-electron chi connectivity index (χ1n) is 4.80. The lowest BCUT2D eigenvalue weighted by atomic mass is 10.1. The van der Waals surface area contributed by atoms with E-state index in [-0.39, 0.29) is 0 Å². The molecule has 0 saturated carbocycles. The molecule has 0 radical (unpaired) electrons. The van der Waals surface area contributed by atoms with Gasteiger partial charge in [0.2, 0.25) is 0 Å². The molecule has 0 bridgehead atoms. The van der Waals surface area contributed by atoms with E-state index in [1.54, 1.807) is 0 Å². The van der Waals surface area contributed by atoms with Crippen LogP contribution >= 0.6 is 63.7 Å². The number of benzene rings is 2. The van der Waals surface area contributed by atoms with Crippen molar-refractivity contribution < 1.29 is 0 Å². The molecule has 0 unspecified atom stereocenters. The van der Waals surface area contributed by atoms with Crippen LogP contribution in [0.3, 0.4) is 0 Å². The highest BCUT2D eigenvalue weighted by atomic mass is 79.9.